The van der Waals surface area contributed by atoms with E-state index in [1.165, 1.54) is 5.56 Å². The Labute approximate surface area is 113 Å². The highest BCUT2D eigenvalue weighted by molar-refractivity contribution is 6.31. The van der Waals surface area contributed by atoms with Crippen molar-refractivity contribution in [1.29, 1.82) is 0 Å². The van der Waals surface area contributed by atoms with Crippen LogP contribution in [0.3, 0.4) is 0 Å². The van der Waals surface area contributed by atoms with Crippen LogP contribution in [0, 0.1) is 6.92 Å². The largest absolute Gasteiger partial charge is 0.313 e. The molecule has 1 N–H and O–H groups in total. The lowest BCUT2D eigenvalue weighted by atomic mass is 10.1. The third-order valence-electron chi connectivity index (χ3n) is 2.87. The fourth-order valence-electron chi connectivity index (χ4n) is 1.78. The maximum atomic E-state index is 6.08. The van der Waals surface area contributed by atoms with Gasteiger partial charge in [-0.2, -0.15) is 5.10 Å². The van der Waals surface area contributed by atoms with E-state index in [0.29, 0.717) is 0 Å². The maximum Gasteiger partial charge on any atom is 0.0489 e. The summed E-state index contributed by atoms with van der Waals surface area (Å²) in [4.78, 5) is 0. The molecule has 0 radical (unpaired) electrons. The summed E-state index contributed by atoms with van der Waals surface area (Å²) in [7, 11) is 0. The lowest BCUT2D eigenvalue weighted by molar-refractivity contribution is 0.543. The summed E-state index contributed by atoms with van der Waals surface area (Å²) in [6.45, 7) is 4.81. The number of nitrogens with zero attached hydrogens (tertiary/aromatic N) is 2. The van der Waals surface area contributed by atoms with Gasteiger partial charge in [-0.25, -0.2) is 0 Å². The van der Waals surface area contributed by atoms with E-state index in [1.54, 1.807) is 0 Å². The van der Waals surface area contributed by atoms with E-state index >= 15 is 0 Å². The molecule has 2 aromatic rings. The molecule has 0 spiro atoms. The van der Waals surface area contributed by atoms with Gasteiger partial charge in [0, 0.05) is 30.5 Å². The van der Waals surface area contributed by atoms with Crippen LogP contribution >= 0.6 is 11.6 Å². The van der Waals surface area contributed by atoms with Crippen molar-refractivity contribution in [3.8, 4) is 0 Å². The number of hydrogen-bond acceptors (Lipinski definition) is 2. The zero-order valence-electron chi connectivity index (χ0n) is 10.6. The van der Waals surface area contributed by atoms with Crippen molar-refractivity contribution in [1.82, 2.24) is 15.1 Å². The molecular weight excluding hydrogens is 246 g/mol. The number of benzene rings is 1. The molecule has 96 valence electrons. The lowest BCUT2D eigenvalue weighted by Crippen LogP contribution is -2.16. The summed E-state index contributed by atoms with van der Waals surface area (Å²) in [5.41, 5.74) is 2.35. The van der Waals surface area contributed by atoms with Crippen LogP contribution in [0.4, 0.5) is 0 Å². The summed E-state index contributed by atoms with van der Waals surface area (Å²) < 4.78 is 1.95. The molecule has 1 aromatic carbocycles. The molecule has 3 nitrogen and oxygen atoms in total. The fraction of sp³-hybridized carbons (Fsp3) is 0.357. The predicted octanol–water partition coefficient (Wildman–Crippen LogP) is 3.02. The van der Waals surface area contributed by atoms with Gasteiger partial charge in [-0.1, -0.05) is 23.7 Å². The van der Waals surface area contributed by atoms with Crippen molar-refractivity contribution in [2.24, 2.45) is 0 Å². The molecule has 0 aliphatic carbocycles. The van der Waals surface area contributed by atoms with E-state index in [-0.39, 0.29) is 0 Å². The Balaban J connectivity index is 1.67. The third kappa shape index (κ3) is 3.86. The highest BCUT2D eigenvalue weighted by Gasteiger charge is 1.97. The van der Waals surface area contributed by atoms with E-state index in [0.717, 1.165) is 36.6 Å². The fourth-order valence-corrected chi connectivity index (χ4v) is 1.98. The van der Waals surface area contributed by atoms with Crippen molar-refractivity contribution < 1.29 is 0 Å². The highest BCUT2D eigenvalue weighted by atomic mass is 35.5. The van der Waals surface area contributed by atoms with Crippen LogP contribution in [0.25, 0.3) is 0 Å². The molecule has 0 unspecified atom stereocenters. The molecule has 0 fully saturated rings. The van der Waals surface area contributed by atoms with Gasteiger partial charge >= 0.3 is 0 Å². The first-order chi connectivity index (χ1) is 8.75. The van der Waals surface area contributed by atoms with Gasteiger partial charge in [-0.15, -0.1) is 0 Å². The molecule has 0 amide bonds. The Bertz CT molecular complexity index is 480. The molecule has 1 heterocycles. The Morgan fingerprint density at radius 3 is 3.00 bits per heavy atom. The quantitative estimate of drug-likeness (QED) is 0.812. The summed E-state index contributed by atoms with van der Waals surface area (Å²) >= 11 is 6.08. The molecule has 0 aliphatic rings. The van der Waals surface area contributed by atoms with Crippen LogP contribution in [0.1, 0.15) is 17.5 Å². The van der Waals surface area contributed by atoms with Gasteiger partial charge in [0.1, 0.15) is 0 Å². The zero-order valence-corrected chi connectivity index (χ0v) is 11.3. The van der Waals surface area contributed by atoms with Crippen molar-refractivity contribution in [3.05, 3.63) is 52.8 Å². The first-order valence-electron chi connectivity index (χ1n) is 6.19. The molecule has 0 bridgehead atoms. The van der Waals surface area contributed by atoms with E-state index < -0.39 is 0 Å². The summed E-state index contributed by atoms with van der Waals surface area (Å²) in [5.74, 6) is 0. The lowest BCUT2D eigenvalue weighted by Gasteiger charge is -2.06. The predicted molar refractivity (Wildman–Crippen MR) is 74.7 cm³/mol. The number of aromatic nitrogens is 2. The Hall–Kier alpha value is -1.32. The normalized spacial score (nSPS) is 10.8. The van der Waals surface area contributed by atoms with Crippen molar-refractivity contribution in [2.45, 2.75) is 26.4 Å². The molecule has 0 aliphatic heterocycles. The second kappa shape index (κ2) is 6.57. The van der Waals surface area contributed by atoms with Gasteiger partial charge in [0.05, 0.1) is 0 Å². The topological polar surface area (TPSA) is 29.9 Å². The van der Waals surface area contributed by atoms with Gasteiger partial charge in [-0.3, -0.25) is 4.68 Å². The molecule has 4 heteroatoms. The summed E-state index contributed by atoms with van der Waals surface area (Å²) in [6, 6.07) is 8.14. The zero-order chi connectivity index (χ0) is 12.8. The average molecular weight is 264 g/mol. The molecule has 18 heavy (non-hydrogen) atoms. The second-order valence-electron chi connectivity index (χ2n) is 4.38. The average Bonchev–Trinajstić information content (AvgIpc) is 2.86. The minimum Gasteiger partial charge on any atom is -0.313 e. The van der Waals surface area contributed by atoms with Crippen LogP contribution < -0.4 is 5.32 Å². The number of aryl methyl sites for hydroxylation is 2. The van der Waals surface area contributed by atoms with Crippen LogP contribution in [-0.4, -0.2) is 16.3 Å². The Morgan fingerprint density at radius 1 is 1.39 bits per heavy atom. The highest BCUT2D eigenvalue weighted by Crippen LogP contribution is 2.16. The number of nitrogens with one attached hydrogen (secondary N) is 1. The molecule has 0 saturated heterocycles. The van der Waals surface area contributed by atoms with Crippen LogP contribution in [0.15, 0.2) is 36.7 Å². The number of rotatable bonds is 6. The van der Waals surface area contributed by atoms with Gasteiger partial charge in [-0.05, 0) is 43.1 Å². The van der Waals surface area contributed by atoms with Crippen molar-refractivity contribution >= 4 is 11.6 Å². The van der Waals surface area contributed by atoms with Gasteiger partial charge in [0.2, 0.25) is 0 Å². The van der Waals surface area contributed by atoms with Crippen LogP contribution in [0.2, 0.25) is 5.02 Å². The van der Waals surface area contributed by atoms with Crippen molar-refractivity contribution in [3.63, 3.8) is 0 Å². The third-order valence-corrected chi connectivity index (χ3v) is 3.27. The van der Waals surface area contributed by atoms with Gasteiger partial charge < -0.3 is 5.32 Å². The summed E-state index contributed by atoms with van der Waals surface area (Å²) in [6.07, 6.45) is 4.86. The minimum absolute atomic E-state index is 0.839. The maximum absolute atomic E-state index is 6.08. The monoisotopic (exact) mass is 263 g/mol. The molecule has 2 rings (SSSR count). The smallest absolute Gasteiger partial charge is 0.0489 e. The molecule has 0 saturated carbocycles. The number of hydrogen-bond donors (Lipinski definition) is 1. The minimum atomic E-state index is 0.839. The summed E-state index contributed by atoms with van der Waals surface area (Å²) in [5, 5.41) is 8.41. The van der Waals surface area contributed by atoms with E-state index in [4.69, 9.17) is 11.6 Å². The first-order valence-corrected chi connectivity index (χ1v) is 6.56. The van der Waals surface area contributed by atoms with Gasteiger partial charge in [0.15, 0.2) is 0 Å². The van der Waals surface area contributed by atoms with E-state index in [9.17, 15) is 0 Å². The van der Waals surface area contributed by atoms with Gasteiger partial charge in [0.25, 0.3) is 0 Å². The Kier molecular flexibility index (Phi) is 4.79. The molecular formula is C14H18ClN3. The SMILES string of the molecule is Cc1ccc(CNCCCn2cccn2)cc1Cl. The Morgan fingerprint density at radius 2 is 2.28 bits per heavy atom. The van der Waals surface area contributed by atoms with Crippen molar-refractivity contribution in [2.75, 3.05) is 6.54 Å². The second-order valence-corrected chi connectivity index (χ2v) is 4.79. The van der Waals surface area contributed by atoms with E-state index in [1.807, 2.05) is 36.1 Å². The molecule has 1 aromatic heterocycles. The number of halogens is 1. The van der Waals surface area contributed by atoms with Crippen LogP contribution in [0.5, 0.6) is 0 Å². The van der Waals surface area contributed by atoms with E-state index in [2.05, 4.69) is 22.5 Å². The first kappa shape index (κ1) is 13.1. The van der Waals surface area contributed by atoms with Crippen LogP contribution in [-0.2, 0) is 13.1 Å². The molecule has 0 atom stereocenters. The standard InChI is InChI=1S/C14H18ClN3/c1-12-4-5-13(10-14(12)15)11-16-6-2-8-18-9-3-7-17-18/h3-5,7,9-10,16H,2,6,8,11H2,1H3.